The van der Waals surface area contributed by atoms with Crippen molar-refractivity contribution in [3.63, 3.8) is 0 Å². The monoisotopic (exact) mass is 362 g/mol. The zero-order valence-electron chi connectivity index (χ0n) is 15.4. The second-order valence-electron chi connectivity index (χ2n) is 6.17. The van der Waals surface area contributed by atoms with E-state index in [0.29, 0.717) is 18.9 Å². The van der Waals surface area contributed by atoms with E-state index in [1.165, 1.54) is 0 Å². The van der Waals surface area contributed by atoms with E-state index in [9.17, 15) is 9.59 Å². The van der Waals surface area contributed by atoms with Crippen molar-refractivity contribution in [1.82, 2.24) is 10.6 Å². The Kier molecular flexibility index (Phi) is 7.03. The quantitative estimate of drug-likeness (QED) is 0.548. The lowest BCUT2D eigenvalue weighted by Crippen LogP contribution is -2.51. The van der Waals surface area contributed by atoms with Gasteiger partial charge in [0.05, 0.1) is 25.4 Å². The van der Waals surface area contributed by atoms with E-state index in [-0.39, 0.29) is 12.7 Å². The summed E-state index contributed by atoms with van der Waals surface area (Å²) in [6.07, 6.45) is 0.0657. The average Bonchev–Trinajstić information content (AvgIpc) is 2.58. The molecule has 0 unspecified atom stereocenters. The van der Waals surface area contributed by atoms with Crippen molar-refractivity contribution >= 4 is 12.0 Å². The van der Waals surface area contributed by atoms with Gasteiger partial charge in [0.1, 0.15) is 18.3 Å². The molecule has 26 heavy (non-hydrogen) atoms. The van der Waals surface area contributed by atoms with Crippen LogP contribution in [0.15, 0.2) is 36.5 Å². The standard InChI is InChI=1S/C19H26N2O5/c1-5-24-15-8-6-14(7-9-15)17-16(13(4)20-19(23)21-17)18(22)26-11-10-25-12(2)3/h6-9,12,16-17H,4-5,10-11H2,1-3H3,(H2,20,21,23)/t16-,17+/m1/s1. The van der Waals surface area contributed by atoms with Crippen LogP contribution in [0.2, 0.25) is 0 Å². The second-order valence-corrected chi connectivity index (χ2v) is 6.17. The van der Waals surface area contributed by atoms with Gasteiger partial charge in [0, 0.05) is 5.70 Å². The van der Waals surface area contributed by atoms with Crippen LogP contribution in [0.3, 0.4) is 0 Å². The highest BCUT2D eigenvalue weighted by Crippen LogP contribution is 2.31. The zero-order valence-corrected chi connectivity index (χ0v) is 15.4. The zero-order chi connectivity index (χ0) is 19.1. The predicted molar refractivity (Wildman–Crippen MR) is 96.7 cm³/mol. The summed E-state index contributed by atoms with van der Waals surface area (Å²) in [6.45, 7) is 10.6. The molecular weight excluding hydrogens is 336 g/mol. The predicted octanol–water partition coefficient (Wildman–Crippen LogP) is 2.54. The normalized spacial score (nSPS) is 19.7. The molecular formula is C19H26N2O5. The Hall–Kier alpha value is -2.54. The molecule has 0 aliphatic carbocycles. The van der Waals surface area contributed by atoms with Crippen LogP contribution in [-0.4, -0.2) is 37.9 Å². The largest absolute Gasteiger partial charge is 0.494 e. The number of carbonyl (C=O) groups excluding carboxylic acids is 2. The first kappa shape index (κ1) is 19.8. The minimum atomic E-state index is -0.732. The number of esters is 1. The van der Waals surface area contributed by atoms with Gasteiger partial charge in [0.15, 0.2) is 0 Å². The van der Waals surface area contributed by atoms with Crippen molar-refractivity contribution < 1.29 is 23.8 Å². The van der Waals surface area contributed by atoms with Crippen molar-refractivity contribution in [3.8, 4) is 5.75 Å². The first-order valence-electron chi connectivity index (χ1n) is 8.69. The topological polar surface area (TPSA) is 85.9 Å². The highest BCUT2D eigenvalue weighted by Gasteiger charge is 2.38. The summed E-state index contributed by atoms with van der Waals surface area (Å²) in [4.78, 5) is 24.4. The molecule has 142 valence electrons. The summed E-state index contributed by atoms with van der Waals surface area (Å²) in [5.41, 5.74) is 1.08. The van der Waals surface area contributed by atoms with E-state index in [0.717, 1.165) is 11.3 Å². The number of urea groups is 1. The summed E-state index contributed by atoms with van der Waals surface area (Å²) in [7, 11) is 0. The van der Waals surface area contributed by atoms with Crippen molar-refractivity contribution in [2.45, 2.75) is 32.9 Å². The van der Waals surface area contributed by atoms with Crippen molar-refractivity contribution in [2.24, 2.45) is 5.92 Å². The van der Waals surface area contributed by atoms with Gasteiger partial charge in [0.2, 0.25) is 0 Å². The fraction of sp³-hybridized carbons (Fsp3) is 0.474. The van der Waals surface area contributed by atoms with E-state index in [2.05, 4.69) is 17.2 Å². The molecule has 1 fully saturated rings. The molecule has 0 aromatic heterocycles. The fourth-order valence-electron chi connectivity index (χ4n) is 2.69. The Morgan fingerprint density at radius 1 is 1.23 bits per heavy atom. The molecule has 2 N–H and O–H groups in total. The van der Waals surface area contributed by atoms with Gasteiger partial charge in [0.25, 0.3) is 0 Å². The Bertz CT molecular complexity index is 642. The van der Waals surface area contributed by atoms with Gasteiger partial charge in [-0.1, -0.05) is 18.7 Å². The first-order chi connectivity index (χ1) is 12.4. The lowest BCUT2D eigenvalue weighted by atomic mass is 9.89. The van der Waals surface area contributed by atoms with Gasteiger partial charge in [-0.05, 0) is 38.5 Å². The molecule has 7 heteroatoms. The SMILES string of the molecule is C=C1NC(=O)N[C@@H](c2ccc(OCC)cc2)[C@@H]1C(=O)OCCOC(C)C. The summed E-state index contributed by atoms with van der Waals surface area (Å²) in [6, 6.07) is 6.27. The van der Waals surface area contributed by atoms with Gasteiger partial charge in [-0.25, -0.2) is 4.79 Å². The third-order valence-corrected chi connectivity index (χ3v) is 3.85. The van der Waals surface area contributed by atoms with E-state index in [1.807, 2.05) is 32.9 Å². The molecule has 0 bridgehead atoms. The first-order valence-corrected chi connectivity index (χ1v) is 8.69. The summed E-state index contributed by atoms with van der Waals surface area (Å²) >= 11 is 0. The van der Waals surface area contributed by atoms with Crippen molar-refractivity contribution in [3.05, 3.63) is 42.1 Å². The van der Waals surface area contributed by atoms with Crippen LogP contribution in [0.1, 0.15) is 32.4 Å². The molecule has 1 aliphatic rings. The van der Waals surface area contributed by atoms with Crippen LogP contribution in [0.25, 0.3) is 0 Å². The van der Waals surface area contributed by atoms with Crippen LogP contribution < -0.4 is 15.4 Å². The Morgan fingerprint density at radius 2 is 1.92 bits per heavy atom. The molecule has 1 aliphatic heterocycles. The smallest absolute Gasteiger partial charge is 0.319 e. The maximum Gasteiger partial charge on any atom is 0.319 e. The Morgan fingerprint density at radius 3 is 2.54 bits per heavy atom. The highest BCUT2D eigenvalue weighted by molar-refractivity contribution is 5.85. The van der Waals surface area contributed by atoms with E-state index >= 15 is 0 Å². The summed E-state index contributed by atoms with van der Waals surface area (Å²) in [5, 5.41) is 5.32. The number of nitrogens with one attached hydrogen (secondary N) is 2. The maximum atomic E-state index is 12.6. The molecule has 7 nitrogen and oxygen atoms in total. The number of hydrogen-bond acceptors (Lipinski definition) is 5. The van der Waals surface area contributed by atoms with E-state index in [4.69, 9.17) is 14.2 Å². The number of amides is 2. The number of hydrogen-bond donors (Lipinski definition) is 2. The van der Waals surface area contributed by atoms with Crippen LogP contribution in [0, 0.1) is 5.92 Å². The molecule has 1 aromatic rings. The maximum absolute atomic E-state index is 12.6. The van der Waals surface area contributed by atoms with E-state index in [1.54, 1.807) is 12.1 Å². The summed E-state index contributed by atoms with van der Waals surface area (Å²) < 4.78 is 16.1. The van der Waals surface area contributed by atoms with Crippen molar-refractivity contribution in [1.29, 1.82) is 0 Å². The number of benzene rings is 1. The molecule has 0 spiro atoms. The Labute approximate surface area is 153 Å². The molecule has 0 saturated carbocycles. The van der Waals surface area contributed by atoms with Crippen LogP contribution in [-0.2, 0) is 14.3 Å². The third-order valence-electron chi connectivity index (χ3n) is 3.85. The molecule has 2 atom stereocenters. The molecule has 0 radical (unpaired) electrons. The number of carbonyl (C=O) groups is 2. The van der Waals surface area contributed by atoms with Crippen LogP contribution in [0.4, 0.5) is 4.79 Å². The second kappa shape index (κ2) is 9.24. The molecule has 2 amide bonds. The highest BCUT2D eigenvalue weighted by atomic mass is 16.6. The molecule has 1 saturated heterocycles. The molecule has 1 aromatic carbocycles. The molecule has 2 rings (SSSR count). The lowest BCUT2D eigenvalue weighted by Gasteiger charge is -2.33. The van der Waals surface area contributed by atoms with Gasteiger partial charge in [-0.2, -0.15) is 0 Å². The Balaban J connectivity index is 2.10. The number of ether oxygens (including phenoxy) is 3. The summed E-state index contributed by atoms with van der Waals surface area (Å²) in [5.74, 6) is -0.473. The van der Waals surface area contributed by atoms with Crippen molar-refractivity contribution in [2.75, 3.05) is 19.8 Å². The van der Waals surface area contributed by atoms with Crippen LogP contribution >= 0.6 is 0 Å². The fourth-order valence-corrected chi connectivity index (χ4v) is 2.69. The van der Waals surface area contributed by atoms with E-state index < -0.39 is 24.0 Å². The minimum absolute atomic E-state index is 0.0657. The number of rotatable bonds is 8. The van der Waals surface area contributed by atoms with Gasteiger partial charge < -0.3 is 24.8 Å². The van der Waals surface area contributed by atoms with Gasteiger partial charge >= 0.3 is 12.0 Å². The minimum Gasteiger partial charge on any atom is -0.494 e. The van der Waals surface area contributed by atoms with Gasteiger partial charge in [-0.15, -0.1) is 0 Å². The molecule has 1 heterocycles. The third kappa shape index (κ3) is 5.23. The van der Waals surface area contributed by atoms with Gasteiger partial charge in [-0.3, -0.25) is 4.79 Å². The average molecular weight is 362 g/mol. The lowest BCUT2D eigenvalue weighted by molar-refractivity contribution is -0.150. The van der Waals surface area contributed by atoms with Crippen LogP contribution in [0.5, 0.6) is 5.75 Å².